The Morgan fingerprint density at radius 2 is 1.87 bits per heavy atom. The number of ether oxygens (including phenoxy) is 2. The molecule has 9 heteroatoms. The molecule has 3 aromatic rings. The first-order chi connectivity index (χ1) is 18.0. The van der Waals surface area contributed by atoms with Crippen LogP contribution in [0.5, 0.6) is 17.4 Å². The van der Waals surface area contributed by atoms with Crippen molar-refractivity contribution in [3.05, 3.63) is 46.4 Å². The largest absolute Gasteiger partial charge is 0.493 e. The minimum Gasteiger partial charge on any atom is -0.493 e. The Bertz CT molecular complexity index is 1420. The summed E-state index contributed by atoms with van der Waals surface area (Å²) in [7, 11) is 3.12. The van der Waals surface area contributed by atoms with Crippen LogP contribution in [0.4, 0.5) is 5.69 Å². The third-order valence-corrected chi connectivity index (χ3v) is 8.38. The minimum absolute atomic E-state index is 0.0200. The van der Waals surface area contributed by atoms with E-state index < -0.39 is 5.91 Å². The minimum atomic E-state index is -0.420. The van der Waals surface area contributed by atoms with Gasteiger partial charge in [-0.15, -0.1) is 10.2 Å². The molecule has 8 nitrogen and oxygen atoms in total. The normalized spacial score (nSPS) is 22.8. The third-order valence-electron chi connectivity index (χ3n) is 7.88. The Balaban J connectivity index is 1.41. The molecule has 2 bridgehead atoms. The number of benzene rings is 2. The molecule has 0 unspecified atom stereocenters. The highest BCUT2D eigenvalue weighted by molar-refractivity contribution is 9.10. The van der Waals surface area contributed by atoms with Crippen molar-refractivity contribution < 1.29 is 19.4 Å². The van der Waals surface area contributed by atoms with E-state index in [0.29, 0.717) is 35.3 Å². The number of halogens is 1. The molecule has 0 radical (unpaired) electrons. The standard InChI is InChI=1S/C29H35BrN4O4/c1-28(2)13-20-14-29(3,15-28)16-33(20)17-34-22-8-7-19(30)12-21(22)26(27(34)36)32-31-25(35)11-18-6-9-23(37-4)24(10-18)38-5/h6-10,12,20,36H,11,13-17H2,1-5H3/t20-,29+/m1/s1. The average molecular weight is 584 g/mol. The molecule has 1 saturated heterocycles. The van der Waals surface area contributed by atoms with Gasteiger partial charge in [0, 0.05) is 22.4 Å². The fraction of sp³-hybridized carbons (Fsp3) is 0.483. The monoisotopic (exact) mass is 582 g/mol. The molecule has 202 valence electrons. The summed E-state index contributed by atoms with van der Waals surface area (Å²) >= 11 is 3.53. The second-order valence-electron chi connectivity index (χ2n) is 11.8. The molecule has 1 aliphatic heterocycles. The van der Waals surface area contributed by atoms with Crippen molar-refractivity contribution in [3.63, 3.8) is 0 Å². The summed E-state index contributed by atoms with van der Waals surface area (Å²) in [5.74, 6) is 0.736. The van der Waals surface area contributed by atoms with Gasteiger partial charge in [0.25, 0.3) is 5.91 Å². The molecule has 2 atom stereocenters. The van der Waals surface area contributed by atoms with Gasteiger partial charge < -0.3 is 14.6 Å². The number of likely N-dealkylation sites (tertiary alicyclic amines) is 1. The van der Waals surface area contributed by atoms with E-state index >= 15 is 0 Å². The summed E-state index contributed by atoms with van der Waals surface area (Å²) in [4.78, 5) is 15.2. The van der Waals surface area contributed by atoms with Gasteiger partial charge in [0.1, 0.15) is 0 Å². The lowest BCUT2D eigenvalue weighted by atomic mass is 9.65. The van der Waals surface area contributed by atoms with Crippen molar-refractivity contribution in [2.45, 2.75) is 59.2 Å². The molecule has 1 N–H and O–H groups in total. The molecular formula is C29H35BrN4O4. The van der Waals surface area contributed by atoms with E-state index in [-0.39, 0.29) is 17.7 Å². The molecule has 5 rings (SSSR count). The topological polar surface area (TPSA) is 88.7 Å². The Morgan fingerprint density at radius 1 is 1.11 bits per heavy atom. The number of carbonyl (C=O) groups excluding carboxylic acids is 1. The highest BCUT2D eigenvalue weighted by atomic mass is 79.9. The van der Waals surface area contributed by atoms with E-state index in [1.807, 2.05) is 22.8 Å². The lowest BCUT2D eigenvalue weighted by Gasteiger charge is -2.40. The number of amides is 1. The van der Waals surface area contributed by atoms with Crippen LogP contribution in [0, 0.1) is 10.8 Å². The molecule has 2 aromatic carbocycles. The molecule has 2 fully saturated rings. The second kappa shape index (κ2) is 10.0. The van der Waals surface area contributed by atoms with E-state index in [1.54, 1.807) is 32.4 Å². The molecule has 1 amide bonds. The van der Waals surface area contributed by atoms with Gasteiger partial charge in [-0.25, -0.2) is 0 Å². The van der Waals surface area contributed by atoms with Crippen molar-refractivity contribution in [1.82, 2.24) is 9.47 Å². The van der Waals surface area contributed by atoms with Crippen molar-refractivity contribution in [2.75, 3.05) is 20.8 Å². The number of rotatable bonds is 7. The number of fused-ring (bicyclic) bond motifs is 3. The van der Waals surface area contributed by atoms with Crippen LogP contribution in [0.2, 0.25) is 0 Å². The van der Waals surface area contributed by atoms with Gasteiger partial charge in [-0.05, 0) is 66.0 Å². The number of hydrogen-bond donors (Lipinski definition) is 1. The number of azo groups is 1. The van der Waals surface area contributed by atoms with Gasteiger partial charge in [0.2, 0.25) is 5.88 Å². The van der Waals surface area contributed by atoms with Crippen molar-refractivity contribution >= 4 is 38.4 Å². The number of aromatic nitrogens is 1. The van der Waals surface area contributed by atoms with Gasteiger partial charge in [-0.1, -0.05) is 42.8 Å². The van der Waals surface area contributed by atoms with Gasteiger partial charge in [-0.2, -0.15) is 0 Å². The van der Waals surface area contributed by atoms with Crippen molar-refractivity contribution in [3.8, 4) is 17.4 Å². The molecule has 1 saturated carbocycles. The third kappa shape index (κ3) is 5.18. The van der Waals surface area contributed by atoms with Crippen LogP contribution in [0.3, 0.4) is 0 Å². The molecular weight excluding hydrogens is 548 g/mol. The van der Waals surface area contributed by atoms with Crippen molar-refractivity contribution in [2.24, 2.45) is 21.1 Å². The highest BCUT2D eigenvalue weighted by Gasteiger charge is 2.49. The Labute approximate surface area is 231 Å². The van der Waals surface area contributed by atoms with E-state index in [9.17, 15) is 9.90 Å². The van der Waals surface area contributed by atoms with Crippen LogP contribution in [-0.2, 0) is 17.9 Å². The number of carbonyl (C=O) groups is 1. The molecule has 0 spiro atoms. The van der Waals surface area contributed by atoms with Crippen LogP contribution < -0.4 is 9.47 Å². The summed E-state index contributed by atoms with van der Waals surface area (Å²) in [5, 5.41) is 20.3. The molecule has 38 heavy (non-hydrogen) atoms. The quantitative estimate of drug-likeness (QED) is 0.308. The first-order valence-electron chi connectivity index (χ1n) is 12.9. The van der Waals surface area contributed by atoms with E-state index in [4.69, 9.17) is 9.47 Å². The maximum Gasteiger partial charge on any atom is 0.269 e. The highest BCUT2D eigenvalue weighted by Crippen LogP contribution is 2.53. The van der Waals surface area contributed by atoms with Crippen LogP contribution in [0.15, 0.2) is 51.1 Å². The maximum absolute atomic E-state index is 12.7. The van der Waals surface area contributed by atoms with Gasteiger partial charge in [0.05, 0.1) is 32.8 Å². The van der Waals surface area contributed by atoms with E-state index in [1.165, 1.54) is 12.8 Å². The first kappa shape index (κ1) is 26.7. The summed E-state index contributed by atoms with van der Waals surface area (Å²) in [6.45, 7) is 8.67. The predicted octanol–water partition coefficient (Wildman–Crippen LogP) is 6.84. The lowest BCUT2D eigenvalue weighted by molar-refractivity contribution is -0.117. The van der Waals surface area contributed by atoms with Crippen LogP contribution in [0.25, 0.3) is 10.9 Å². The molecule has 1 aliphatic carbocycles. The van der Waals surface area contributed by atoms with Crippen molar-refractivity contribution in [1.29, 1.82) is 0 Å². The average Bonchev–Trinajstić information content (AvgIpc) is 3.24. The fourth-order valence-electron chi connectivity index (χ4n) is 6.77. The zero-order valence-electron chi connectivity index (χ0n) is 22.6. The fourth-order valence-corrected chi connectivity index (χ4v) is 7.13. The van der Waals surface area contributed by atoms with Gasteiger partial charge in [-0.3, -0.25) is 14.3 Å². The van der Waals surface area contributed by atoms with E-state index in [2.05, 4.69) is 51.8 Å². The maximum atomic E-state index is 12.7. The Hall–Kier alpha value is -2.91. The summed E-state index contributed by atoms with van der Waals surface area (Å²) < 4.78 is 13.4. The number of nitrogens with zero attached hydrogens (tertiary/aromatic N) is 4. The summed E-state index contributed by atoms with van der Waals surface area (Å²) in [6.07, 6.45) is 3.58. The van der Waals surface area contributed by atoms with E-state index in [0.717, 1.165) is 33.9 Å². The summed E-state index contributed by atoms with van der Waals surface area (Å²) in [6, 6.07) is 11.6. The Morgan fingerprint density at radius 3 is 2.61 bits per heavy atom. The van der Waals surface area contributed by atoms with Crippen LogP contribution >= 0.6 is 15.9 Å². The lowest BCUT2D eigenvalue weighted by Crippen LogP contribution is -2.35. The van der Waals surface area contributed by atoms with Gasteiger partial charge in [0.15, 0.2) is 17.2 Å². The summed E-state index contributed by atoms with van der Waals surface area (Å²) in [5.41, 5.74) is 2.49. The SMILES string of the molecule is COc1ccc(CC(=O)N=Nc2c(O)n(CN3C[C@@]4(C)C[C@H]3CC(C)(C)C4)c3ccc(Br)cc23)cc1OC. The number of methoxy groups -OCH3 is 2. The zero-order chi connectivity index (χ0) is 27.2. The number of hydrogen-bond acceptors (Lipinski definition) is 6. The molecule has 1 aromatic heterocycles. The molecule has 2 aliphatic rings. The van der Waals surface area contributed by atoms with Crippen LogP contribution in [-0.4, -0.2) is 47.3 Å². The molecule has 2 heterocycles. The zero-order valence-corrected chi connectivity index (χ0v) is 24.2. The number of aromatic hydroxyl groups is 1. The van der Waals surface area contributed by atoms with Crippen LogP contribution in [0.1, 0.15) is 45.6 Å². The smallest absolute Gasteiger partial charge is 0.269 e. The van der Waals surface area contributed by atoms with Gasteiger partial charge >= 0.3 is 0 Å². The predicted molar refractivity (Wildman–Crippen MR) is 150 cm³/mol. The first-order valence-corrected chi connectivity index (χ1v) is 13.7. The second-order valence-corrected chi connectivity index (χ2v) is 12.7. The Kier molecular flexibility index (Phi) is 7.02.